The number of carboxylic acids is 1. The molecule has 0 bridgehead atoms. The number of hydrogen-bond donors (Lipinski definition) is 1. The van der Waals surface area contributed by atoms with Gasteiger partial charge in [0.15, 0.2) is 5.41 Å². The molecule has 1 aliphatic rings. The Hall–Kier alpha value is -0.840. The molecule has 1 atom stereocenters. The van der Waals surface area contributed by atoms with E-state index in [2.05, 4.69) is 0 Å². The van der Waals surface area contributed by atoms with Gasteiger partial charge in [-0.1, -0.05) is 0 Å². The molecule has 0 aromatic carbocycles. The second kappa shape index (κ2) is 5.17. The summed E-state index contributed by atoms with van der Waals surface area (Å²) < 4.78 is 39.8. The number of thiophene rings is 1. The van der Waals surface area contributed by atoms with Crippen LogP contribution in [0.25, 0.3) is 0 Å². The van der Waals surface area contributed by atoms with Crippen LogP contribution >= 0.6 is 33.9 Å². The Balaban J connectivity index is 2.23. The van der Waals surface area contributed by atoms with Gasteiger partial charge >= 0.3 is 12.1 Å². The van der Waals surface area contributed by atoms with Gasteiger partial charge in [-0.15, -0.1) is 11.3 Å². The molecular formula is C11H9F3INO3S. The van der Waals surface area contributed by atoms with Gasteiger partial charge in [0.25, 0.3) is 5.91 Å². The van der Waals surface area contributed by atoms with E-state index in [0.29, 0.717) is 5.56 Å². The van der Waals surface area contributed by atoms with E-state index in [0.717, 1.165) is 7.78 Å². The monoisotopic (exact) mass is 419 g/mol. The van der Waals surface area contributed by atoms with Crippen molar-refractivity contribution in [3.63, 3.8) is 0 Å². The number of rotatable bonds is 2. The van der Waals surface area contributed by atoms with Crippen LogP contribution in [0.5, 0.6) is 0 Å². The first kappa shape index (κ1) is 15.5. The molecular weight excluding hydrogens is 410 g/mol. The van der Waals surface area contributed by atoms with Gasteiger partial charge in [0.2, 0.25) is 0 Å². The van der Waals surface area contributed by atoms with E-state index < -0.39 is 36.4 Å². The van der Waals surface area contributed by atoms with Gasteiger partial charge in [0.1, 0.15) is 0 Å². The van der Waals surface area contributed by atoms with Gasteiger partial charge in [0, 0.05) is 18.5 Å². The first-order chi connectivity index (χ1) is 9.17. The van der Waals surface area contributed by atoms with E-state index in [1.807, 2.05) is 22.6 Å². The Morgan fingerprint density at radius 1 is 1.45 bits per heavy atom. The summed E-state index contributed by atoms with van der Waals surface area (Å²) in [4.78, 5) is 24.0. The summed E-state index contributed by atoms with van der Waals surface area (Å²) >= 11 is 3.31. The molecule has 1 aromatic rings. The van der Waals surface area contributed by atoms with E-state index in [1.165, 1.54) is 11.3 Å². The molecule has 0 saturated carbocycles. The lowest BCUT2D eigenvalue weighted by molar-refractivity contribution is -0.227. The summed E-state index contributed by atoms with van der Waals surface area (Å²) in [6, 6.07) is 1.57. The molecule has 0 spiro atoms. The SMILES string of the molecule is O=C(c1csc(I)c1)N1CCC(C(=O)O)(C(F)(F)F)C1. The molecule has 1 aliphatic heterocycles. The molecule has 0 aliphatic carbocycles. The van der Waals surface area contributed by atoms with Crippen molar-refractivity contribution in [3.05, 3.63) is 19.9 Å². The molecule has 9 heteroatoms. The highest BCUT2D eigenvalue weighted by molar-refractivity contribution is 14.1. The Labute approximate surface area is 129 Å². The minimum atomic E-state index is -4.88. The van der Waals surface area contributed by atoms with Crippen LogP contribution in [-0.2, 0) is 4.79 Å². The normalized spacial score (nSPS) is 23.1. The number of halogens is 4. The van der Waals surface area contributed by atoms with Crippen LogP contribution in [0, 0.1) is 8.30 Å². The fourth-order valence-corrected chi connectivity index (χ4v) is 3.44. The van der Waals surface area contributed by atoms with E-state index >= 15 is 0 Å². The maximum atomic E-state index is 13.0. The zero-order valence-corrected chi connectivity index (χ0v) is 12.9. The lowest BCUT2D eigenvalue weighted by Crippen LogP contribution is -2.47. The molecule has 1 aromatic heterocycles. The Kier molecular flexibility index (Phi) is 4.02. The highest BCUT2D eigenvalue weighted by Crippen LogP contribution is 2.46. The average molecular weight is 419 g/mol. The van der Waals surface area contributed by atoms with Crippen molar-refractivity contribution in [2.75, 3.05) is 13.1 Å². The molecule has 2 rings (SSSR count). The third kappa shape index (κ3) is 2.52. The molecule has 20 heavy (non-hydrogen) atoms. The molecule has 1 unspecified atom stereocenters. The van der Waals surface area contributed by atoms with Crippen molar-refractivity contribution < 1.29 is 27.9 Å². The van der Waals surface area contributed by atoms with Gasteiger partial charge in [-0.05, 0) is 35.1 Å². The first-order valence-corrected chi connectivity index (χ1v) is 7.47. The molecule has 0 radical (unpaired) electrons. The average Bonchev–Trinajstić information content (AvgIpc) is 2.93. The molecule has 2 heterocycles. The Morgan fingerprint density at radius 2 is 2.10 bits per heavy atom. The predicted molar refractivity (Wildman–Crippen MR) is 73.7 cm³/mol. The van der Waals surface area contributed by atoms with Crippen LogP contribution in [-0.4, -0.2) is 41.1 Å². The number of aliphatic carboxylic acids is 1. The van der Waals surface area contributed by atoms with Gasteiger partial charge in [-0.25, -0.2) is 0 Å². The number of carbonyl (C=O) groups is 2. The number of hydrogen-bond acceptors (Lipinski definition) is 3. The van der Waals surface area contributed by atoms with E-state index in [-0.39, 0.29) is 6.54 Å². The standard InChI is InChI=1S/C11H9F3INO3S/c12-11(13,14)10(9(18)19)1-2-16(5-10)8(17)6-3-7(15)20-4-6/h3-4H,1-2,5H2,(H,18,19). The quantitative estimate of drug-likeness (QED) is 0.751. The van der Waals surface area contributed by atoms with Crippen molar-refractivity contribution in [1.82, 2.24) is 4.90 Å². The highest BCUT2D eigenvalue weighted by atomic mass is 127. The third-order valence-corrected chi connectivity index (χ3v) is 5.11. The van der Waals surface area contributed by atoms with Gasteiger partial charge < -0.3 is 10.0 Å². The lowest BCUT2D eigenvalue weighted by atomic mass is 9.86. The second-order valence-corrected chi connectivity index (χ2v) is 7.31. The molecule has 110 valence electrons. The number of alkyl halides is 3. The summed E-state index contributed by atoms with van der Waals surface area (Å²) in [6.45, 7) is -1.05. The molecule has 1 saturated heterocycles. The fraction of sp³-hybridized carbons (Fsp3) is 0.455. The summed E-state index contributed by atoms with van der Waals surface area (Å²) in [5.41, 5.74) is -2.56. The summed E-state index contributed by atoms with van der Waals surface area (Å²) in [5, 5.41) is 10.5. The van der Waals surface area contributed by atoms with E-state index in [9.17, 15) is 22.8 Å². The summed E-state index contributed by atoms with van der Waals surface area (Å²) in [6.07, 6.45) is -5.49. The largest absolute Gasteiger partial charge is 0.481 e. The second-order valence-electron chi connectivity index (χ2n) is 4.50. The smallest absolute Gasteiger partial charge is 0.406 e. The Morgan fingerprint density at radius 3 is 2.50 bits per heavy atom. The van der Waals surface area contributed by atoms with Crippen LogP contribution in [0.15, 0.2) is 11.4 Å². The van der Waals surface area contributed by atoms with Crippen LogP contribution in [0.1, 0.15) is 16.8 Å². The zero-order valence-electron chi connectivity index (χ0n) is 9.91. The minimum Gasteiger partial charge on any atom is -0.481 e. The molecule has 4 nitrogen and oxygen atoms in total. The van der Waals surface area contributed by atoms with Gasteiger partial charge in [-0.3, -0.25) is 9.59 Å². The number of amides is 1. The van der Waals surface area contributed by atoms with Crippen LogP contribution in [0.2, 0.25) is 0 Å². The van der Waals surface area contributed by atoms with Crippen LogP contribution in [0.4, 0.5) is 13.2 Å². The minimum absolute atomic E-state index is 0.211. The fourth-order valence-electron chi connectivity index (χ4n) is 2.12. The number of carboxylic acid groups (broad SMARTS) is 1. The number of nitrogens with zero attached hydrogens (tertiary/aromatic N) is 1. The van der Waals surface area contributed by atoms with Crippen LogP contribution in [0.3, 0.4) is 0 Å². The van der Waals surface area contributed by atoms with Crippen LogP contribution < -0.4 is 0 Å². The van der Waals surface area contributed by atoms with Gasteiger partial charge in [0.05, 0.1) is 8.45 Å². The van der Waals surface area contributed by atoms with Crippen molar-refractivity contribution >= 4 is 45.8 Å². The van der Waals surface area contributed by atoms with E-state index in [1.54, 1.807) is 11.4 Å². The van der Waals surface area contributed by atoms with Crippen molar-refractivity contribution in [2.24, 2.45) is 5.41 Å². The first-order valence-electron chi connectivity index (χ1n) is 5.51. The predicted octanol–water partition coefficient (Wildman–Crippen LogP) is 2.83. The van der Waals surface area contributed by atoms with Gasteiger partial charge in [-0.2, -0.15) is 13.2 Å². The number of carbonyl (C=O) groups excluding carboxylic acids is 1. The molecule has 1 N–H and O–H groups in total. The zero-order chi connectivity index (χ0) is 15.1. The number of likely N-dealkylation sites (tertiary alicyclic amines) is 1. The summed E-state index contributed by atoms with van der Waals surface area (Å²) in [5.74, 6) is -2.49. The maximum Gasteiger partial charge on any atom is 0.406 e. The third-order valence-electron chi connectivity index (χ3n) is 3.32. The van der Waals surface area contributed by atoms with E-state index in [4.69, 9.17) is 5.11 Å². The summed E-state index contributed by atoms with van der Waals surface area (Å²) in [7, 11) is 0. The molecule has 1 fully saturated rings. The van der Waals surface area contributed by atoms with Crippen molar-refractivity contribution in [1.29, 1.82) is 0 Å². The maximum absolute atomic E-state index is 13.0. The molecule has 1 amide bonds. The highest BCUT2D eigenvalue weighted by Gasteiger charge is 2.64. The topological polar surface area (TPSA) is 57.6 Å². The van der Waals surface area contributed by atoms with Crippen molar-refractivity contribution in [2.45, 2.75) is 12.6 Å². The Bertz CT molecular complexity index is 559. The van der Waals surface area contributed by atoms with Crippen molar-refractivity contribution in [3.8, 4) is 0 Å². The lowest BCUT2D eigenvalue weighted by Gasteiger charge is -2.27.